The van der Waals surface area contributed by atoms with Gasteiger partial charge in [-0.1, -0.05) is 12.1 Å². The minimum absolute atomic E-state index is 0.0562. The second-order valence-corrected chi connectivity index (χ2v) is 8.02. The number of para-hydroxylation sites is 1. The van der Waals surface area contributed by atoms with E-state index in [9.17, 15) is 19.2 Å². The first kappa shape index (κ1) is 18.4. The van der Waals surface area contributed by atoms with Gasteiger partial charge in [-0.25, -0.2) is 4.79 Å². The Labute approximate surface area is 155 Å². The predicted molar refractivity (Wildman–Crippen MR) is 96.8 cm³/mol. The predicted octanol–water partition coefficient (Wildman–Crippen LogP) is 1.82. The zero-order valence-corrected chi connectivity index (χ0v) is 15.4. The van der Waals surface area contributed by atoms with Crippen LogP contribution in [0.5, 0.6) is 0 Å². The molecule has 2 aliphatic heterocycles. The number of thioether (sulfide) groups is 1. The van der Waals surface area contributed by atoms with Gasteiger partial charge in [0.25, 0.3) is 5.91 Å². The third-order valence-electron chi connectivity index (χ3n) is 4.64. The molecule has 0 saturated carbocycles. The Morgan fingerprint density at radius 3 is 2.81 bits per heavy atom. The molecular formula is C18H20N2O5S. The first-order chi connectivity index (χ1) is 12.3. The van der Waals surface area contributed by atoms with Crippen molar-refractivity contribution in [1.82, 2.24) is 4.90 Å². The van der Waals surface area contributed by atoms with Gasteiger partial charge in [0.1, 0.15) is 6.04 Å². The van der Waals surface area contributed by atoms with Crippen LogP contribution in [0.15, 0.2) is 24.3 Å². The van der Waals surface area contributed by atoms with E-state index in [-0.39, 0.29) is 16.6 Å². The topological polar surface area (TPSA) is 92.8 Å². The van der Waals surface area contributed by atoms with Gasteiger partial charge in [-0.3, -0.25) is 14.4 Å². The highest BCUT2D eigenvalue weighted by Crippen LogP contribution is 2.47. The van der Waals surface area contributed by atoms with Crippen LogP contribution in [0.3, 0.4) is 0 Å². The highest BCUT2D eigenvalue weighted by atomic mass is 32.2. The molecule has 1 aromatic carbocycles. The zero-order valence-electron chi connectivity index (χ0n) is 14.6. The number of carbonyl (C=O) groups excluding carboxylic acids is 4. The summed E-state index contributed by atoms with van der Waals surface area (Å²) in [6.45, 7) is 2.89. The van der Waals surface area contributed by atoms with Crippen LogP contribution in [0.1, 0.15) is 37.0 Å². The van der Waals surface area contributed by atoms with Gasteiger partial charge in [0.15, 0.2) is 12.4 Å². The van der Waals surface area contributed by atoms with Gasteiger partial charge < -0.3 is 15.0 Å². The van der Waals surface area contributed by atoms with Gasteiger partial charge in [0.05, 0.1) is 10.6 Å². The standard InChI is InChI=1S/C18H20N2O5S/c1-11(21)12-5-3-4-6-13(12)19-15(22)9-25-17(24)14-10-26-18(2)8-7-16(23)20(14)18/h3-6,14H,7-10H2,1-2H3,(H,19,22)/t14-,18+/m0/s1. The Morgan fingerprint density at radius 2 is 2.08 bits per heavy atom. The number of ketones is 1. The fourth-order valence-corrected chi connectivity index (χ4v) is 4.73. The van der Waals surface area contributed by atoms with Crippen LogP contribution in [0.25, 0.3) is 0 Å². The lowest BCUT2D eigenvalue weighted by Crippen LogP contribution is -2.47. The van der Waals surface area contributed by atoms with Crippen molar-refractivity contribution in [1.29, 1.82) is 0 Å². The Kier molecular flexibility index (Phi) is 5.04. The van der Waals surface area contributed by atoms with Gasteiger partial charge in [0.2, 0.25) is 5.91 Å². The van der Waals surface area contributed by atoms with E-state index >= 15 is 0 Å². The third kappa shape index (κ3) is 3.46. The lowest BCUT2D eigenvalue weighted by molar-refractivity contribution is -0.155. The van der Waals surface area contributed by atoms with Crippen molar-refractivity contribution in [2.45, 2.75) is 37.6 Å². The number of fused-ring (bicyclic) bond motifs is 1. The highest BCUT2D eigenvalue weighted by molar-refractivity contribution is 8.01. The Morgan fingerprint density at radius 1 is 1.35 bits per heavy atom. The molecule has 7 nitrogen and oxygen atoms in total. The molecule has 0 spiro atoms. The van der Waals surface area contributed by atoms with Gasteiger partial charge in [-0.15, -0.1) is 11.8 Å². The number of carbonyl (C=O) groups is 4. The number of hydrogen-bond donors (Lipinski definition) is 1. The number of esters is 1. The molecule has 1 N–H and O–H groups in total. The minimum Gasteiger partial charge on any atom is -0.454 e. The first-order valence-corrected chi connectivity index (χ1v) is 9.33. The smallest absolute Gasteiger partial charge is 0.330 e. The molecular weight excluding hydrogens is 356 g/mol. The number of Topliss-reactive ketones (excluding diaryl/α,β-unsaturated/α-hetero) is 1. The van der Waals surface area contributed by atoms with Gasteiger partial charge >= 0.3 is 5.97 Å². The number of amides is 2. The van der Waals surface area contributed by atoms with Crippen LogP contribution >= 0.6 is 11.8 Å². The van der Waals surface area contributed by atoms with E-state index in [0.29, 0.717) is 29.8 Å². The van der Waals surface area contributed by atoms with Crippen LogP contribution in [-0.2, 0) is 19.1 Å². The van der Waals surface area contributed by atoms with E-state index < -0.39 is 24.5 Å². The maximum absolute atomic E-state index is 12.3. The second-order valence-electron chi connectivity index (χ2n) is 6.52. The number of hydrogen-bond acceptors (Lipinski definition) is 6. The van der Waals surface area contributed by atoms with E-state index in [4.69, 9.17) is 4.74 Å². The molecule has 2 aliphatic rings. The number of rotatable bonds is 5. The summed E-state index contributed by atoms with van der Waals surface area (Å²) >= 11 is 1.56. The monoisotopic (exact) mass is 376 g/mol. The van der Waals surface area contributed by atoms with E-state index in [1.165, 1.54) is 6.92 Å². The third-order valence-corrected chi connectivity index (χ3v) is 6.15. The SMILES string of the molecule is CC(=O)c1ccccc1NC(=O)COC(=O)[C@@H]1CS[C@]2(C)CCC(=O)N12. The number of ether oxygens (including phenoxy) is 1. The maximum atomic E-state index is 12.3. The van der Waals surface area contributed by atoms with Crippen LogP contribution < -0.4 is 5.32 Å². The molecule has 0 aliphatic carbocycles. The summed E-state index contributed by atoms with van der Waals surface area (Å²) in [5.74, 6) is -0.873. The normalized spacial score (nSPS) is 24.3. The molecule has 26 heavy (non-hydrogen) atoms. The van der Waals surface area contributed by atoms with E-state index in [0.717, 1.165) is 0 Å². The molecule has 138 valence electrons. The van der Waals surface area contributed by atoms with Gasteiger partial charge in [-0.05, 0) is 32.4 Å². The van der Waals surface area contributed by atoms with E-state index in [2.05, 4.69) is 5.32 Å². The lowest BCUT2D eigenvalue weighted by atomic mass is 10.1. The first-order valence-electron chi connectivity index (χ1n) is 8.34. The summed E-state index contributed by atoms with van der Waals surface area (Å²) < 4.78 is 5.12. The Bertz CT molecular complexity index is 781. The van der Waals surface area contributed by atoms with Crippen molar-refractivity contribution in [3.63, 3.8) is 0 Å². The molecule has 0 bridgehead atoms. The van der Waals surface area contributed by atoms with Gasteiger partial charge in [0, 0.05) is 17.7 Å². The molecule has 3 rings (SSSR count). The average Bonchev–Trinajstić information content (AvgIpc) is 3.09. The van der Waals surface area contributed by atoms with Gasteiger partial charge in [-0.2, -0.15) is 0 Å². The average molecular weight is 376 g/mol. The van der Waals surface area contributed by atoms with E-state index in [1.54, 1.807) is 40.9 Å². The molecule has 8 heteroatoms. The number of benzene rings is 1. The quantitative estimate of drug-likeness (QED) is 0.622. The van der Waals surface area contributed by atoms with Crippen molar-refractivity contribution in [2.75, 3.05) is 17.7 Å². The minimum atomic E-state index is -0.655. The summed E-state index contributed by atoms with van der Waals surface area (Å²) in [5.41, 5.74) is 0.762. The van der Waals surface area contributed by atoms with E-state index in [1.807, 2.05) is 6.92 Å². The summed E-state index contributed by atoms with van der Waals surface area (Å²) in [4.78, 5) is 49.3. The van der Waals surface area contributed by atoms with Crippen LogP contribution in [0.2, 0.25) is 0 Å². The molecule has 1 aromatic rings. The number of nitrogens with one attached hydrogen (secondary N) is 1. The molecule has 2 saturated heterocycles. The molecule has 0 unspecified atom stereocenters. The highest BCUT2D eigenvalue weighted by Gasteiger charge is 2.53. The second kappa shape index (κ2) is 7.11. The Hall–Kier alpha value is -2.35. The Balaban J connectivity index is 1.58. The molecule has 2 fully saturated rings. The number of anilines is 1. The van der Waals surface area contributed by atoms with Crippen molar-refractivity contribution < 1.29 is 23.9 Å². The summed E-state index contributed by atoms with van der Waals surface area (Å²) in [7, 11) is 0. The van der Waals surface area contributed by atoms with Crippen molar-refractivity contribution in [2.24, 2.45) is 0 Å². The lowest BCUT2D eigenvalue weighted by Gasteiger charge is -2.29. The maximum Gasteiger partial charge on any atom is 0.330 e. The summed E-state index contributed by atoms with van der Waals surface area (Å²) in [5, 5.41) is 2.58. The molecule has 2 amide bonds. The fourth-order valence-electron chi connectivity index (χ4n) is 3.31. The zero-order chi connectivity index (χ0) is 18.9. The summed E-state index contributed by atoms with van der Waals surface area (Å²) in [6, 6.07) is 5.97. The summed E-state index contributed by atoms with van der Waals surface area (Å²) in [6.07, 6.45) is 1.14. The van der Waals surface area contributed by atoms with Crippen LogP contribution in [0.4, 0.5) is 5.69 Å². The molecule has 0 aromatic heterocycles. The van der Waals surface area contributed by atoms with Crippen LogP contribution in [-0.4, -0.2) is 51.7 Å². The molecule has 0 radical (unpaired) electrons. The molecule has 2 atom stereocenters. The van der Waals surface area contributed by atoms with Crippen molar-refractivity contribution in [3.05, 3.63) is 29.8 Å². The van der Waals surface area contributed by atoms with Crippen LogP contribution in [0, 0.1) is 0 Å². The molecule has 2 heterocycles. The number of nitrogens with zero attached hydrogens (tertiary/aromatic N) is 1. The largest absolute Gasteiger partial charge is 0.454 e. The van der Waals surface area contributed by atoms with Crippen molar-refractivity contribution >= 4 is 41.0 Å². The fraction of sp³-hybridized carbons (Fsp3) is 0.444. The van der Waals surface area contributed by atoms with Crippen molar-refractivity contribution in [3.8, 4) is 0 Å².